The van der Waals surface area contributed by atoms with Gasteiger partial charge in [0.25, 0.3) is 0 Å². The first-order valence-corrected chi connectivity index (χ1v) is 6.66. The predicted molar refractivity (Wildman–Crippen MR) is 73.3 cm³/mol. The molecule has 0 saturated heterocycles. The highest BCUT2D eigenvalue weighted by Crippen LogP contribution is 2.28. The van der Waals surface area contributed by atoms with Gasteiger partial charge in [-0.1, -0.05) is 18.2 Å². The van der Waals surface area contributed by atoms with Crippen molar-refractivity contribution in [3.05, 3.63) is 30.3 Å². The van der Waals surface area contributed by atoms with E-state index in [1.807, 2.05) is 44.2 Å². The van der Waals surface area contributed by atoms with Crippen molar-refractivity contribution in [2.75, 3.05) is 6.54 Å². The molecule has 2 rings (SSSR count). The van der Waals surface area contributed by atoms with Crippen LogP contribution in [0.15, 0.2) is 30.3 Å². The molecule has 19 heavy (non-hydrogen) atoms. The van der Waals surface area contributed by atoms with Crippen LogP contribution in [-0.4, -0.2) is 29.3 Å². The molecular weight excluding hydrogens is 242 g/mol. The van der Waals surface area contributed by atoms with Crippen LogP contribution in [-0.2, 0) is 4.79 Å². The summed E-state index contributed by atoms with van der Waals surface area (Å²) in [4.78, 5) is 10.7. The molecule has 1 aliphatic carbocycles. The lowest BCUT2D eigenvalue weighted by atomic mass is 9.80. The highest BCUT2D eigenvalue weighted by molar-refractivity contribution is 5.71. The third-order valence-corrected chi connectivity index (χ3v) is 3.44. The first-order valence-electron chi connectivity index (χ1n) is 6.66. The summed E-state index contributed by atoms with van der Waals surface area (Å²) in [6, 6.07) is 10.0. The minimum atomic E-state index is -0.683. The molecule has 1 aromatic carbocycles. The van der Waals surface area contributed by atoms with E-state index < -0.39 is 5.97 Å². The molecule has 0 spiro atoms. The van der Waals surface area contributed by atoms with Crippen LogP contribution in [0, 0.1) is 5.92 Å². The summed E-state index contributed by atoms with van der Waals surface area (Å²) in [5.74, 6) is -0.000165. The number of hydrogen-bond donors (Lipinski definition) is 2. The maximum atomic E-state index is 10.7. The summed E-state index contributed by atoms with van der Waals surface area (Å²) in [6.45, 7) is 4.76. The Hall–Kier alpha value is -1.55. The SMILES string of the molecule is CC(C)(CNC1CC(C(=O)O)C1)Oc1ccccc1. The van der Waals surface area contributed by atoms with Gasteiger partial charge in [0.15, 0.2) is 0 Å². The van der Waals surface area contributed by atoms with Crippen LogP contribution >= 0.6 is 0 Å². The number of carbonyl (C=O) groups is 1. The number of ether oxygens (including phenoxy) is 1. The Morgan fingerprint density at radius 2 is 2.00 bits per heavy atom. The second-order valence-corrected chi connectivity index (χ2v) is 5.76. The third-order valence-electron chi connectivity index (χ3n) is 3.44. The highest BCUT2D eigenvalue weighted by atomic mass is 16.5. The van der Waals surface area contributed by atoms with Gasteiger partial charge in [0.1, 0.15) is 11.4 Å². The lowest BCUT2D eigenvalue weighted by Crippen LogP contribution is -2.50. The summed E-state index contributed by atoms with van der Waals surface area (Å²) in [6.07, 6.45) is 1.44. The van der Waals surface area contributed by atoms with E-state index in [-0.39, 0.29) is 11.5 Å². The molecule has 0 unspecified atom stereocenters. The van der Waals surface area contributed by atoms with Crippen LogP contribution in [0.3, 0.4) is 0 Å². The first kappa shape index (κ1) is 13.9. The second-order valence-electron chi connectivity index (χ2n) is 5.76. The summed E-state index contributed by atoms with van der Waals surface area (Å²) in [5, 5.41) is 12.2. The van der Waals surface area contributed by atoms with Crippen molar-refractivity contribution >= 4 is 5.97 Å². The van der Waals surface area contributed by atoms with E-state index in [0.29, 0.717) is 12.6 Å². The second kappa shape index (κ2) is 5.61. The highest BCUT2D eigenvalue weighted by Gasteiger charge is 2.35. The molecule has 1 aliphatic rings. The Morgan fingerprint density at radius 1 is 1.37 bits per heavy atom. The van der Waals surface area contributed by atoms with E-state index in [0.717, 1.165) is 18.6 Å². The van der Waals surface area contributed by atoms with Crippen LogP contribution in [0.1, 0.15) is 26.7 Å². The Bertz CT molecular complexity index is 424. The van der Waals surface area contributed by atoms with Gasteiger partial charge in [-0.15, -0.1) is 0 Å². The van der Waals surface area contributed by atoms with E-state index in [1.54, 1.807) is 0 Å². The quantitative estimate of drug-likeness (QED) is 0.827. The maximum Gasteiger partial charge on any atom is 0.306 e. The van der Waals surface area contributed by atoms with E-state index in [2.05, 4.69) is 5.32 Å². The number of nitrogens with one attached hydrogen (secondary N) is 1. The fourth-order valence-corrected chi connectivity index (χ4v) is 2.22. The standard InChI is InChI=1S/C15H21NO3/c1-15(2,19-13-6-4-3-5-7-13)10-16-12-8-11(9-12)14(17)18/h3-7,11-12,16H,8-10H2,1-2H3,(H,17,18). The predicted octanol–water partition coefficient (Wildman–Crippen LogP) is 2.30. The van der Waals surface area contributed by atoms with Crippen molar-refractivity contribution in [2.24, 2.45) is 5.92 Å². The number of rotatable bonds is 6. The molecule has 0 radical (unpaired) electrons. The van der Waals surface area contributed by atoms with Gasteiger partial charge in [-0.2, -0.15) is 0 Å². The lowest BCUT2D eigenvalue weighted by molar-refractivity contribution is -0.145. The van der Waals surface area contributed by atoms with Gasteiger partial charge in [0.05, 0.1) is 5.92 Å². The average molecular weight is 263 g/mol. The lowest BCUT2D eigenvalue weighted by Gasteiger charge is -2.36. The minimum Gasteiger partial charge on any atom is -0.487 e. The van der Waals surface area contributed by atoms with Crippen LogP contribution in [0.4, 0.5) is 0 Å². The fourth-order valence-electron chi connectivity index (χ4n) is 2.22. The number of carboxylic acid groups (broad SMARTS) is 1. The number of para-hydroxylation sites is 1. The fraction of sp³-hybridized carbons (Fsp3) is 0.533. The third kappa shape index (κ3) is 3.96. The molecule has 0 heterocycles. The topological polar surface area (TPSA) is 58.6 Å². The molecule has 0 bridgehead atoms. The van der Waals surface area contributed by atoms with Crippen LogP contribution < -0.4 is 10.1 Å². The summed E-state index contributed by atoms with van der Waals surface area (Å²) >= 11 is 0. The van der Waals surface area contributed by atoms with Gasteiger partial charge in [-0.25, -0.2) is 0 Å². The Morgan fingerprint density at radius 3 is 2.58 bits per heavy atom. The zero-order chi connectivity index (χ0) is 13.9. The van der Waals surface area contributed by atoms with E-state index >= 15 is 0 Å². The van der Waals surface area contributed by atoms with E-state index in [1.165, 1.54) is 0 Å². The number of hydrogen-bond acceptors (Lipinski definition) is 3. The zero-order valence-electron chi connectivity index (χ0n) is 11.4. The normalized spacial score (nSPS) is 22.6. The zero-order valence-corrected chi connectivity index (χ0v) is 11.4. The summed E-state index contributed by atoms with van der Waals surface area (Å²) < 4.78 is 5.92. The first-order chi connectivity index (χ1) is 8.96. The van der Waals surface area contributed by atoms with Crippen LogP contribution in [0.25, 0.3) is 0 Å². The van der Waals surface area contributed by atoms with Crippen molar-refractivity contribution < 1.29 is 14.6 Å². The van der Waals surface area contributed by atoms with Crippen molar-refractivity contribution in [1.82, 2.24) is 5.32 Å². The number of benzene rings is 1. The molecule has 2 N–H and O–H groups in total. The molecule has 0 atom stereocenters. The monoisotopic (exact) mass is 263 g/mol. The Labute approximate surface area is 113 Å². The van der Waals surface area contributed by atoms with Gasteiger partial charge < -0.3 is 15.2 Å². The molecule has 104 valence electrons. The number of carboxylic acids is 1. The minimum absolute atomic E-state index is 0.171. The van der Waals surface area contributed by atoms with Crippen molar-refractivity contribution in [3.8, 4) is 5.75 Å². The van der Waals surface area contributed by atoms with Crippen molar-refractivity contribution in [3.63, 3.8) is 0 Å². The number of aliphatic carboxylic acids is 1. The van der Waals surface area contributed by atoms with Gasteiger partial charge in [-0.3, -0.25) is 4.79 Å². The average Bonchev–Trinajstić information content (AvgIpc) is 2.26. The molecule has 1 aromatic rings. The molecule has 1 fully saturated rings. The summed E-state index contributed by atoms with van der Waals surface area (Å²) in [5.41, 5.74) is -0.310. The molecule has 1 saturated carbocycles. The Kier molecular flexibility index (Phi) is 4.10. The van der Waals surface area contributed by atoms with E-state index in [9.17, 15) is 4.79 Å². The smallest absolute Gasteiger partial charge is 0.306 e. The molecule has 0 amide bonds. The molecule has 4 nitrogen and oxygen atoms in total. The largest absolute Gasteiger partial charge is 0.487 e. The molecular formula is C15H21NO3. The van der Waals surface area contributed by atoms with E-state index in [4.69, 9.17) is 9.84 Å². The van der Waals surface area contributed by atoms with Crippen molar-refractivity contribution in [2.45, 2.75) is 38.3 Å². The van der Waals surface area contributed by atoms with Crippen molar-refractivity contribution in [1.29, 1.82) is 0 Å². The molecule has 0 aromatic heterocycles. The van der Waals surface area contributed by atoms with Crippen LogP contribution in [0.5, 0.6) is 5.75 Å². The van der Waals surface area contributed by atoms with Gasteiger partial charge in [-0.05, 0) is 38.8 Å². The van der Waals surface area contributed by atoms with Gasteiger partial charge >= 0.3 is 5.97 Å². The van der Waals surface area contributed by atoms with Gasteiger partial charge in [0.2, 0.25) is 0 Å². The Balaban J connectivity index is 1.74. The molecule has 0 aliphatic heterocycles. The van der Waals surface area contributed by atoms with Gasteiger partial charge in [0, 0.05) is 12.6 Å². The summed E-state index contributed by atoms with van der Waals surface area (Å²) in [7, 11) is 0. The molecule has 4 heteroatoms. The van der Waals surface area contributed by atoms with Crippen LogP contribution in [0.2, 0.25) is 0 Å². The maximum absolute atomic E-state index is 10.7.